The highest BCUT2D eigenvalue weighted by Crippen LogP contribution is 2.51. The smallest absolute Gasteiger partial charge is 0.339 e. The molecule has 4 rings (SSSR count). The number of allylic oxidation sites excluding steroid dienone is 3. The number of rotatable bonds is 3. The quantitative estimate of drug-likeness (QED) is 0.430. The van der Waals surface area contributed by atoms with Crippen LogP contribution in [0.3, 0.4) is 0 Å². The van der Waals surface area contributed by atoms with E-state index in [1.165, 1.54) is 6.07 Å². The molecule has 1 aromatic carbocycles. The van der Waals surface area contributed by atoms with Gasteiger partial charge < -0.3 is 31.1 Å². The van der Waals surface area contributed by atoms with Crippen LogP contribution in [0, 0.1) is 17.8 Å². The van der Waals surface area contributed by atoms with Crippen molar-refractivity contribution in [1.29, 1.82) is 0 Å². The van der Waals surface area contributed by atoms with Gasteiger partial charge in [-0.05, 0) is 36.3 Å². The van der Waals surface area contributed by atoms with Crippen molar-refractivity contribution in [3.63, 3.8) is 0 Å². The van der Waals surface area contributed by atoms with Gasteiger partial charge in [-0.3, -0.25) is 14.4 Å². The van der Waals surface area contributed by atoms with Gasteiger partial charge in [0.2, 0.25) is 0 Å². The number of phenols is 1. The molecule has 3 aliphatic rings. The van der Waals surface area contributed by atoms with Gasteiger partial charge in [0.15, 0.2) is 11.6 Å². The van der Waals surface area contributed by atoms with Crippen molar-refractivity contribution in [2.24, 2.45) is 23.5 Å². The third kappa shape index (κ3) is 2.86. The maximum Gasteiger partial charge on any atom is 0.339 e. The average Bonchev–Trinajstić information content (AvgIpc) is 2.66. The second kappa shape index (κ2) is 7.11. The predicted octanol–water partition coefficient (Wildman–Crippen LogP) is 1.23. The number of carbonyl (C=O) groups is 4. The normalized spacial score (nSPS) is 24.6. The summed E-state index contributed by atoms with van der Waals surface area (Å²) in [4.78, 5) is 51.2. The molecular weight excluding hydrogens is 420 g/mol. The van der Waals surface area contributed by atoms with Gasteiger partial charge in [-0.1, -0.05) is 0 Å². The number of ketones is 2. The van der Waals surface area contributed by atoms with Crippen molar-refractivity contribution < 1.29 is 39.6 Å². The van der Waals surface area contributed by atoms with Gasteiger partial charge >= 0.3 is 5.97 Å². The van der Waals surface area contributed by atoms with Crippen molar-refractivity contribution in [2.45, 2.75) is 19.3 Å². The monoisotopic (exact) mass is 442 g/mol. The first-order valence-corrected chi connectivity index (χ1v) is 9.98. The molecule has 0 saturated carbocycles. The number of primary amides is 1. The van der Waals surface area contributed by atoms with Gasteiger partial charge in [-0.15, -0.1) is 0 Å². The number of aliphatic hydroxyl groups excluding tert-OH is 2. The Morgan fingerprint density at radius 1 is 1.12 bits per heavy atom. The van der Waals surface area contributed by atoms with E-state index in [-0.39, 0.29) is 30.4 Å². The van der Waals surface area contributed by atoms with E-state index >= 15 is 0 Å². The number of hydrogen-bond acceptors (Lipinski definition) is 8. The Labute approximate surface area is 182 Å². The molecule has 1 amide bonds. The lowest BCUT2D eigenvalue weighted by Gasteiger charge is -2.41. The molecule has 6 N–H and O–H groups in total. The van der Waals surface area contributed by atoms with Crippen LogP contribution in [-0.2, 0) is 16.0 Å². The fourth-order valence-corrected chi connectivity index (χ4v) is 5.25. The first kappa shape index (κ1) is 21.4. The van der Waals surface area contributed by atoms with Gasteiger partial charge in [-0.25, -0.2) is 4.79 Å². The Morgan fingerprint density at radius 3 is 2.34 bits per heavy atom. The SMILES string of the molecule is CN(C)c1cc(C(=O)O)c(O)c2c1CC1CC3CC(O)=C(C(N)=O)C(=O)C3C(O)=C1C2=O. The van der Waals surface area contributed by atoms with Crippen molar-refractivity contribution >= 4 is 29.1 Å². The molecule has 3 unspecified atom stereocenters. The summed E-state index contributed by atoms with van der Waals surface area (Å²) < 4.78 is 0. The van der Waals surface area contributed by atoms with Crippen molar-refractivity contribution in [1.82, 2.24) is 0 Å². The summed E-state index contributed by atoms with van der Waals surface area (Å²) in [5.41, 5.74) is 4.76. The number of carbonyl (C=O) groups excluding carboxylic acids is 3. The molecule has 3 atom stereocenters. The average molecular weight is 442 g/mol. The number of carboxylic acids is 1. The Balaban J connectivity index is 1.91. The highest BCUT2D eigenvalue weighted by molar-refractivity contribution is 6.22. The van der Waals surface area contributed by atoms with Crippen molar-refractivity contribution in [2.75, 3.05) is 19.0 Å². The number of benzene rings is 1. The maximum absolute atomic E-state index is 13.4. The van der Waals surface area contributed by atoms with Crippen LogP contribution in [0.4, 0.5) is 5.69 Å². The number of hydrogen-bond donors (Lipinski definition) is 5. The number of carboxylic acid groups (broad SMARTS) is 1. The molecule has 32 heavy (non-hydrogen) atoms. The molecule has 0 fully saturated rings. The minimum absolute atomic E-state index is 0.0483. The molecule has 0 radical (unpaired) electrons. The maximum atomic E-state index is 13.4. The van der Waals surface area contributed by atoms with Gasteiger partial charge in [0.25, 0.3) is 5.91 Å². The van der Waals surface area contributed by atoms with E-state index < -0.39 is 69.6 Å². The predicted molar refractivity (Wildman–Crippen MR) is 111 cm³/mol. The van der Waals surface area contributed by atoms with Gasteiger partial charge in [-0.2, -0.15) is 0 Å². The molecule has 10 nitrogen and oxygen atoms in total. The molecule has 0 aromatic heterocycles. The second-order valence-electron chi connectivity index (χ2n) is 8.60. The van der Waals surface area contributed by atoms with E-state index in [2.05, 4.69) is 0 Å². The third-order valence-corrected chi connectivity index (χ3v) is 6.58. The van der Waals surface area contributed by atoms with Gasteiger partial charge in [0.05, 0.1) is 11.5 Å². The number of aliphatic hydroxyl groups is 2. The first-order chi connectivity index (χ1) is 15.0. The summed E-state index contributed by atoms with van der Waals surface area (Å²) in [6, 6.07) is 1.29. The van der Waals surface area contributed by atoms with Gasteiger partial charge in [0, 0.05) is 31.8 Å². The summed E-state index contributed by atoms with van der Waals surface area (Å²) >= 11 is 0. The van der Waals surface area contributed by atoms with Crippen LogP contribution in [0.1, 0.15) is 39.1 Å². The summed E-state index contributed by atoms with van der Waals surface area (Å²) in [5, 5.41) is 41.2. The van der Waals surface area contributed by atoms with Crippen LogP contribution >= 0.6 is 0 Å². The number of amides is 1. The zero-order valence-electron chi connectivity index (χ0n) is 17.4. The molecule has 10 heteroatoms. The molecule has 0 saturated heterocycles. The van der Waals surface area contributed by atoms with E-state index in [4.69, 9.17) is 5.73 Å². The van der Waals surface area contributed by atoms with Crippen LogP contribution in [0.2, 0.25) is 0 Å². The van der Waals surface area contributed by atoms with Crippen LogP contribution < -0.4 is 10.6 Å². The highest BCUT2D eigenvalue weighted by Gasteiger charge is 2.50. The Morgan fingerprint density at radius 2 is 1.78 bits per heavy atom. The first-order valence-electron chi connectivity index (χ1n) is 9.98. The van der Waals surface area contributed by atoms with Gasteiger partial charge in [0.1, 0.15) is 28.4 Å². The van der Waals surface area contributed by atoms with Crippen LogP contribution in [-0.4, -0.2) is 58.0 Å². The Kier molecular flexibility index (Phi) is 4.76. The Hall–Kier alpha value is -3.82. The van der Waals surface area contributed by atoms with Crippen LogP contribution in [0.25, 0.3) is 0 Å². The largest absolute Gasteiger partial charge is 0.511 e. The number of fused-ring (bicyclic) bond motifs is 3. The lowest BCUT2D eigenvalue weighted by atomic mass is 9.62. The molecule has 1 aromatic rings. The number of anilines is 1. The number of nitrogens with two attached hydrogens (primary N) is 1. The summed E-state index contributed by atoms with van der Waals surface area (Å²) in [5.74, 6) is -8.08. The highest BCUT2D eigenvalue weighted by atomic mass is 16.4. The number of nitrogens with zero attached hydrogens (tertiary/aromatic N) is 1. The zero-order chi connectivity index (χ0) is 23.6. The number of aromatic carboxylic acids is 1. The fraction of sp³-hybridized carbons (Fsp3) is 0.364. The number of aromatic hydroxyl groups is 1. The molecular formula is C22H22N2O8. The summed E-state index contributed by atoms with van der Waals surface area (Å²) in [7, 11) is 3.35. The van der Waals surface area contributed by atoms with E-state index in [1.807, 2.05) is 0 Å². The van der Waals surface area contributed by atoms with Crippen LogP contribution in [0.15, 0.2) is 28.7 Å². The zero-order valence-corrected chi connectivity index (χ0v) is 17.4. The lowest BCUT2D eigenvalue weighted by Crippen LogP contribution is -2.43. The molecule has 0 spiro atoms. The van der Waals surface area contributed by atoms with Crippen LogP contribution in [0.5, 0.6) is 5.75 Å². The summed E-state index contributed by atoms with van der Waals surface area (Å²) in [6.07, 6.45) is 0.435. The lowest BCUT2D eigenvalue weighted by molar-refractivity contribution is -0.126. The molecule has 0 bridgehead atoms. The third-order valence-electron chi connectivity index (χ3n) is 6.58. The molecule has 168 valence electrons. The summed E-state index contributed by atoms with van der Waals surface area (Å²) in [6.45, 7) is 0. The van der Waals surface area contributed by atoms with E-state index in [1.54, 1.807) is 19.0 Å². The second-order valence-corrected chi connectivity index (χ2v) is 8.60. The minimum atomic E-state index is -1.42. The van der Waals surface area contributed by atoms with E-state index in [0.29, 0.717) is 11.3 Å². The molecule has 0 aliphatic heterocycles. The van der Waals surface area contributed by atoms with Crippen molar-refractivity contribution in [3.8, 4) is 5.75 Å². The van der Waals surface area contributed by atoms with E-state index in [9.17, 15) is 39.6 Å². The fourth-order valence-electron chi connectivity index (χ4n) is 5.25. The molecule has 3 aliphatic carbocycles. The standard InChI is InChI=1S/C22H22N2O8/c1-24(2)11-6-10(22(31)32)17(26)15-9(11)4-7-3-8-5-12(25)16(21(23)30)20(29)14(8)18(27)13(7)19(15)28/h6-8,14,25-27H,3-5H2,1-2H3,(H2,23,30)(H,31,32). The minimum Gasteiger partial charge on any atom is -0.511 e. The van der Waals surface area contributed by atoms with Crippen molar-refractivity contribution in [3.05, 3.63) is 45.4 Å². The Bertz CT molecular complexity index is 1180. The topological polar surface area (TPSA) is 178 Å². The van der Waals surface area contributed by atoms with E-state index in [0.717, 1.165) is 0 Å². The number of Topliss-reactive ketones (excluding diaryl/α,β-unsaturated/α-hetero) is 2. The molecule has 0 heterocycles.